The first-order valence-corrected chi connectivity index (χ1v) is 13.8. The van der Waals surface area contributed by atoms with Crippen molar-refractivity contribution in [3.63, 3.8) is 0 Å². The van der Waals surface area contributed by atoms with E-state index in [1.165, 1.54) is 43.9 Å². The van der Waals surface area contributed by atoms with Crippen molar-refractivity contribution in [3.05, 3.63) is 66.3 Å². The fraction of sp³-hybridized carbons (Fsp3) is 0.444. The minimum Gasteiger partial charge on any atom is -0.414 e. The molecule has 8 nitrogen and oxygen atoms in total. The molecule has 9 heteroatoms. The molecule has 36 heavy (non-hydrogen) atoms. The molecule has 0 saturated carbocycles. The minimum atomic E-state index is -0.270. The highest BCUT2D eigenvalue weighted by molar-refractivity contribution is 7.98. The molecule has 0 saturated heterocycles. The van der Waals surface area contributed by atoms with Gasteiger partial charge >= 0.3 is 0 Å². The van der Waals surface area contributed by atoms with E-state index >= 15 is 0 Å². The molecule has 2 N–H and O–H groups in total. The zero-order valence-corrected chi connectivity index (χ0v) is 21.8. The van der Waals surface area contributed by atoms with Crippen molar-refractivity contribution in [2.24, 2.45) is 0 Å². The molecule has 0 radical (unpaired) electrons. The van der Waals surface area contributed by atoms with Gasteiger partial charge in [-0.1, -0.05) is 56.0 Å². The van der Waals surface area contributed by atoms with Crippen LogP contribution in [0, 0.1) is 0 Å². The Kier molecular flexibility index (Phi) is 12.0. The molecule has 3 rings (SSSR count). The SMILES string of the molecule is CSc1nnc(CNC(=O)c2cccc(NC(=O)CCCCCCCCCC[n+]3ccccc3)c2)o1. The average molecular weight is 511 g/mol. The number of carbonyl (C=O) groups excluding carboxylic acids is 2. The summed E-state index contributed by atoms with van der Waals surface area (Å²) in [6.07, 6.45) is 15.9. The molecular formula is C27H36N5O3S+. The third-order valence-corrected chi connectivity index (χ3v) is 6.29. The number of rotatable bonds is 16. The lowest BCUT2D eigenvalue weighted by Crippen LogP contribution is -2.32. The Balaban J connectivity index is 1.24. The molecule has 0 unspecified atom stereocenters. The van der Waals surface area contributed by atoms with Gasteiger partial charge in [0.05, 0.1) is 6.54 Å². The van der Waals surface area contributed by atoms with E-state index < -0.39 is 0 Å². The van der Waals surface area contributed by atoms with Crippen molar-refractivity contribution >= 4 is 29.3 Å². The Morgan fingerprint density at radius 3 is 2.36 bits per heavy atom. The second-order valence-electron chi connectivity index (χ2n) is 8.67. The van der Waals surface area contributed by atoms with E-state index in [4.69, 9.17) is 4.42 Å². The number of aromatic nitrogens is 3. The van der Waals surface area contributed by atoms with Gasteiger partial charge in [-0.25, -0.2) is 4.57 Å². The molecule has 2 heterocycles. The monoisotopic (exact) mass is 510 g/mol. The van der Waals surface area contributed by atoms with Crippen LogP contribution >= 0.6 is 11.8 Å². The Hall–Kier alpha value is -3.20. The topological polar surface area (TPSA) is 101 Å². The van der Waals surface area contributed by atoms with Gasteiger partial charge in [-0.15, -0.1) is 10.2 Å². The third kappa shape index (κ3) is 10.2. The summed E-state index contributed by atoms with van der Waals surface area (Å²) in [4.78, 5) is 24.7. The van der Waals surface area contributed by atoms with E-state index in [0.29, 0.717) is 28.8 Å². The Morgan fingerprint density at radius 2 is 1.64 bits per heavy atom. The number of carbonyl (C=O) groups is 2. The summed E-state index contributed by atoms with van der Waals surface area (Å²) in [7, 11) is 0. The van der Waals surface area contributed by atoms with Gasteiger partial charge in [0, 0.05) is 36.2 Å². The van der Waals surface area contributed by atoms with Gasteiger partial charge in [0.2, 0.25) is 11.8 Å². The van der Waals surface area contributed by atoms with Crippen molar-refractivity contribution in [1.29, 1.82) is 0 Å². The summed E-state index contributed by atoms with van der Waals surface area (Å²) in [5.74, 6) is 0.0505. The lowest BCUT2D eigenvalue weighted by atomic mass is 10.1. The number of hydrogen-bond donors (Lipinski definition) is 2. The predicted molar refractivity (Wildman–Crippen MR) is 141 cm³/mol. The van der Waals surface area contributed by atoms with Crippen molar-refractivity contribution < 1.29 is 18.6 Å². The second-order valence-corrected chi connectivity index (χ2v) is 9.43. The maximum absolute atomic E-state index is 12.4. The van der Waals surface area contributed by atoms with Crippen molar-refractivity contribution in [2.75, 3.05) is 11.6 Å². The minimum absolute atomic E-state index is 0.0265. The van der Waals surface area contributed by atoms with E-state index in [1.54, 1.807) is 24.3 Å². The zero-order valence-electron chi connectivity index (χ0n) is 20.9. The molecule has 0 bridgehead atoms. The zero-order chi connectivity index (χ0) is 25.4. The number of pyridine rings is 1. The smallest absolute Gasteiger partial charge is 0.276 e. The van der Waals surface area contributed by atoms with E-state index in [-0.39, 0.29) is 18.4 Å². The molecule has 3 aromatic rings. The molecule has 0 atom stereocenters. The number of nitrogens with one attached hydrogen (secondary N) is 2. The van der Waals surface area contributed by atoms with Crippen LogP contribution in [0.3, 0.4) is 0 Å². The molecule has 1 aromatic carbocycles. The molecular weight excluding hydrogens is 474 g/mol. The number of benzene rings is 1. The molecule has 0 aliphatic rings. The van der Waals surface area contributed by atoms with Crippen LogP contribution in [0.2, 0.25) is 0 Å². The number of thioether (sulfide) groups is 1. The number of unbranched alkanes of at least 4 members (excludes halogenated alkanes) is 7. The van der Waals surface area contributed by atoms with Gasteiger partial charge in [0.25, 0.3) is 11.1 Å². The standard InChI is InChI=1S/C27H35N5O3S/c1-36-27-31-30-25(35-27)21-28-26(34)22-14-13-15-23(20-22)29-24(33)16-9-6-4-2-3-5-7-10-17-32-18-11-8-12-19-32/h8,11-15,18-20H,2-7,9-10,16-17,21H2,1H3,(H-,28,29,33,34)/p+1. The highest BCUT2D eigenvalue weighted by Gasteiger charge is 2.11. The highest BCUT2D eigenvalue weighted by atomic mass is 32.2. The number of aryl methyl sites for hydroxylation is 1. The third-order valence-electron chi connectivity index (χ3n) is 5.78. The van der Waals surface area contributed by atoms with Crippen LogP contribution < -0.4 is 15.2 Å². The van der Waals surface area contributed by atoms with E-state index in [1.807, 2.05) is 12.3 Å². The van der Waals surface area contributed by atoms with Gasteiger partial charge < -0.3 is 15.1 Å². The number of hydrogen-bond acceptors (Lipinski definition) is 6. The number of anilines is 1. The fourth-order valence-corrected chi connectivity index (χ4v) is 4.14. The fourth-order valence-electron chi connectivity index (χ4n) is 3.84. The van der Waals surface area contributed by atoms with Crippen LogP contribution in [0.15, 0.2) is 64.5 Å². The van der Waals surface area contributed by atoms with Gasteiger partial charge in [-0.3, -0.25) is 9.59 Å². The maximum atomic E-state index is 12.4. The summed E-state index contributed by atoms with van der Waals surface area (Å²) < 4.78 is 7.59. The molecule has 0 spiro atoms. The van der Waals surface area contributed by atoms with Crippen LogP contribution in [0.1, 0.15) is 74.0 Å². The van der Waals surface area contributed by atoms with E-state index in [2.05, 4.69) is 49.9 Å². The van der Waals surface area contributed by atoms with Crippen molar-refractivity contribution in [2.45, 2.75) is 76.1 Å². The molecule has 0 aliphatic carbocycles. The lowest BCUT2D eigenvalue weighted by molar-refractivity contribution is -0.697. The summed E-state index contributed by atoms with van der Waals surface area (Å²) in [5, 5.41) is 13.8. The van der Waals surface area contributed by atoms with Crippen molar-refractivity contribution in [1.82, 2.24) is 15.5 Å². The first kappa shape index (κ1) is 27.4. The van der Waals surface area contributed by atoms with Gasteiger partial charge in [-0.2, -0.15) is 0 Å². The van der Waals surface area contributed by atoms with Gasteiger partial charge in [0.15, 0.2) is 12.4 Å². The average Bonchev–Trinajstić information content (AvgIpc) is 3.37. The van der Waals surface area contributed by atoms with Crippen LogP contribution in [-0.2, 0) is 17.9 Å². The van der Waals surface area contributed by atoms with Crippen LogP contribution in [0.4, 0.5) is 5.69 Å². The lowest BCUT2D eigenvalue weighted by Gasteiger charge is -2.08. The highest BCUT2D eigenvalue weighted by Crippen LogP contribution is 2.14. The van der Waals surface area contributed by atoms with Crippen LogP contribution in [-0.4, -0.2) is 28.3 Å². The van der Waals surface area contributed by atoms with Gasteiger partial charge in [-0.05, 0) is 37.3 Å². The first-order valence-electron chi connectivity index (χ1n) is 12.6. The summed E-state index contributed by atoms with van der Waals surface area (Å²) >= 11 is 1.35. The van der Waals surface area contributed by atoms with E-state index in [9.17, 15) is 9.59 Å². The predicted octanol–water partition coefficient (Wildman–Crippen LogP) is 5.16. The second kappa shape index (κ2) is 15.7. The van der Waals surface area contributed by atoms with Crippen LogP contribution in [0.5, 0.6) is 0 Å². The molecule has 2 aromatic heterocycles. The summed E-state index contributed by atoms with van der Waals surface area (Å²) in [6.45, 7) is 1.23. The molecule has 0 aliphatic heterocycles. The van der Waals surface area contributed by atoms with Gasteiger partial charge in [0.1, 0.15) is 6.54 Å². The maximum Gasteiger partial charge on any atom is 0.276 e. The molecule has 0 fully saturated rings. The number of amides is 2. The quantitative estimate of drug-likeness (QED) is 0.157. The summed E-state index contributed by atoms with van der Waals surface area (Å²) in [6, 6.07) is 13.1. The van der Waals surface area contributed by atoms with Crippen LogP contribution in [0.25, 0.3) is 0 Å². The molecule has 2 amide bonds. The Labute approximate surface area is 217 Å². The Morgan fingerprint density at radius 1 is 0.917 bits per heavy atom. The summed E-state index contributed by atoms with van der Waals surface area (Å²) in [5.41, 5.74) is 1.07. The first-order chi connectivity index (χ1) is 17.6. The molecule has 192 valence electrons. The largest absolute Gasteiger partial charge is 0.414 e. The number of nitrogens with zero attached hydrogens (tertiary/aromatic N) is 3. The Bertz CT molecular complexity index is 1070. The normalized spacial score (nSPS) is 10.8. The van der Waals surface area contributed by atoms with Crippen molar-refractivity contribution in [3.8, 4) is 0 Å². The van der Waals surface area contributed by atoms with E-state index in [0.717, 1.165) is 25.8 Å².